The Balaban J connectivity index is 2.29. The number of hydrogen-bond acceptors (Lipinski definition) is 1. The zero-order valence-electron chi connectivity index (χ0n) is 7.49. The topological polar surface area (TPSA) is 17.1 Å². The van der Waals surface area contributed by atoms with Crippen molar-refractivity contribution in [3.63, 3.8) is 0 Å². The summed E-state index contributed by atoms with van der Waals surface area (Å²) in [5.74, 6) is 0.825. The minimum Gasteiger partial charge on any atom is -0.300 e. The molecule has 0 atom stereocenters. The number of Topliss-reactive ketones (excluding diaryl/α,β-unsaturated/α-hetero) is 1. The largest absolute Gasteiger partial charge is 0.300 e. The third-order valence-corrected chi connectivity index (χ3v) is 2.60. The second kappa shape index (κ2) is 3.17. The van der Waals surface area contributed by atoms with Crippen LogP contribution in [0.1, 0.15) is 29.9 Å². The third kappa shape index (κ3) is 1.42. The molecule has 0 radical (unpaired) electrons. The van der Waals surface area contributed by atoms with Crippen LogP contribution in [0.5, 0.6) is 0 Å². The van der Waals surface area contributed by atoms with Crippen molar-refractivity contribution in [3.8, 4) is 0 Å². The van der Waals surface area contributed by atoms with Crippen LogP contribution in [-0.2, 0) is 4.79 Å². The summed E-state index contributed by atoms with van der Waals surface area (Å²) in [5, 5.41) is 0. The van der Waals surface area contributed by atoms with E-state index in [9.17, 15) is 4.79 Å². The lowest BCUT2D eigenvalue weighted by Crippen LogP contribution is -2.21. The molecule has 0 spiro atoms. The van der Waals surface area contributed by atoms with Gasteiger partial charge in [0, 0.05) is 12.8 Å². The molecule has 0 aromatic heterocycles. The first-order valence-electron chi connectivity index (χ1n) is 4.54. The predicted octanol–water partition coefficient (Wildman–Crippen LogP) is 2.78. The average molecular weight is 172 g/mol. The van der Waals surface area contributed by atoms with E-state index in [2.05, 4.69) is 12.6 Å². The fraction of sp³-hybridized carbons (Fsp3) is 0.250. The molecule has 1 heteroatoms. The Morgan fingerprint density at radius 2 is 2.00 bits per heavy atom. The van der Waals surface area contributed by atoms with E-state index in [-0.39, 0.29) is 0 Å². The second-order valence-electron chi connectivity index (χ2n) is 3.48. The van der Waals surface area contributed by atoms with Gasteiger partial charge in [0.15, 0.2) is 0 Å². The van der Waals surface area contributed by atoms with E-state index in [0.717, 1.165) is 0 Å². The minimum atomic E-state index is 0.379. The first-order chi connectivity index (χ1) is 6.31. The number of rotatable bonds is 2. The Morgan fingerprint density at radius 1 is 1.31 bits per heavy atom. The van der Waals surface area contributed by atoms with Crippen LogP contribution in [0.2, 0.25) is 0 Å². The van der Waals surface area contributed by atoms with Crippen LogP contribution < -0.4 is 0 Å². The monoisotopic (exact) mass is 172 g/mol. The van der Waals surface area contributed by atoms with Gasteiger partial charge >= 0.3 is 0 Å². The Bertz CT molecular complexity index is 344. The molecule has 0 N–H and O–H groups in total. The maximum absolute atomic E-state index is 10.9. The van der Waals surface area contributed by atoms with Crippen molar-refractivity contribution >= 4 is 11.9 Å². The molecule has 13 heavy (non-hydrogen) atoms. The summed E-state index contributed by atoms with van der Waals surface area (Å²) in [4.78, 5) is 10.9. The molecule has 1 aliphatic carbocycles. The SMILES string of the molecule is C=Cc1ccccc1C1CC(=O)C1. The number of carbonyl (C=O) groups excluding carboxylic acids is 1. The Kier molecular flexibility index (Phi) is 2.01. The van der Waals surface area contributed by atoms with E-state index in [1.807, 2.05) is 24.3 Å². The van der Waals surface area contributed by atoms with Gasteiger partial charge in [0.2, 0.25) is 0 Å². The molecule has 0 aliphatic heterocycles. The quantitative estimate of drug-likeness (QED) is 0.670. The molecular weight excluding hydrogens is 160 g/mol. The molecule has 1 aromatic rings. The molecule has 1 saturated carbocycles. The van der Waals surface area contributed by atoms with Crippen molar-refractivity contribution < 1.29 is 4.79 Å². The van der Waals surface area contributed by atoms with Crippen LogP contribution in [0.15, 0.2) is 30.8 Å². The van der Waals surface area contributed by atoms with Gasteiger partial charge in [-0.1, -0.05) is 36.9 Å². The molecule has 0 saturated heterocycles. The van der Waals surface area contributed by atoms with Gasteiger partial charge in [-0.05, 0) is 17.0 Å². The second-order valence-corrected chi connectivity index (χ2v) is 3.48. The van der Waals surface area contributed by atoms with Gasteiger partial charge in [0.05, 0.1) is 0 Å². The zero-order chi connectivity index (χ0) is 9.26. The van der Waals surface area contributed by atoms with Gasteiger partial charge in [0.25, 0.3) is 0 Å². The molecule has 2 rings (SSSR count). The van der Waals surface area contributed by atoms with E-state index in [4.69, 9.17) is 0 Å². The van der Waals surface area contributed by atoms with Gasteiger partial charge in [0.1, 0.15) is 5.78 Å². The summed E-state index contributed by atoms with van der Waals surface area (Å²) >= 11 is 0. The summed E-state index contributed by atoms with van der Waals surface area (Å²) in [6, 6.07) is 8.16. The number of ketones is 1. The summed E-state index contributed by atoms with van der Waals surface area (Å²) < 4.78 is 0. The molecule has 0 amide bonds. The minimum absolute atomic E-state index is 0.379. The van der Waals surface area contributed by atoms with Crippen LogP contribution in [0.3, 0.4) is 0 Å². The highest BCUT2D eigenvalue weighted by molar-refractivity contribution is 5.87. The number of hydrogen-bond donors (Lipinski definition) is 0. The van der Waals surface area contributed by atoms with Gasteiger partial charge in [-0.15, -0.1) is 0 Å². The van der Waals surface area contributed by atoms with Crippen LogP contribution in [0.4, 0.5) is 0 Å². The lowest BCUT2D eigenvalue weighted by atomic mass is 9.77. The number of carbonyl (C=O) groups is 1. The molecular formula is C12H12O. The average Bonchev–Trinajstić information content (AvgIpc) is 2.13. The summed E-state index contributed by atoms with van der Waals surface area (Å²) in [7, 11) is 0. The van der Waals surface area contributed by atoms with Gasteiger partial charge in [-0.3, -0.25) is 4.79 Å². The lowest BCUT2D eigenvalue weighted by molar-refractivity contribution is -0.124. The van der Waals surface area contributed by atoms with Crippen molar-refractivity contribution in [1.82, 2.24) is 0 Å². The Hall–Kier alpha value is -1.37. The summed E-state index contributed by atoms with van der Waals surface area (Å²) in [6.45, 7) is 3.77. The van der Waals surface area contributed by atoms with Crippen LogP contribution in [-0.4, -0.2) is 5.78 Å². The zero-order valence-corrected chi connectivity index (χ0v) is 7.49. The highest BCUT2D eigenvalue weighted by Crippen LogP contribution is 2.35. The predicted molar refractivity (Wildman–Crippen MR) is 53.5 cm³/mol. The maximum Gasteiger partial charge on any atom is 0.134 e. The highest BCUT2D eigenvalue weighted by Gasteiger charge is 2.28. The third-order valence-electron chi connectivity index (χ3n) is 2.60. The molecule has 1 aromatic carbocycles. The normalized spacial score (nSPS) is 16.8. The lowest BCUT2D eigenvalue weighted by Gasteiger charge is -2.25. The molecule has 0 heterocycles. The van der Waals surface area contributed by atoms with Gasteiger partial charge in [-0.25, -0.2) is 0 Å². The van der Waals surface area contributed by atoms with E-state index in [1.54, 1.807) is 0 Å². The van der Waals surface area contributed by atoms with Crippen molar-refractivity contribution in [3.05, 3.63) is 42.0 Å². The standard InChI is InChI=1S/C12H12O/c1-2-9-5-3-4-6-12(9)10-7-11(13)8-10/h2-6,10H,1,7-8H2. The molecule has 0 unspecified atom stereocenters. The summed E-state index contributed by atoms with van der Waals surface area (Å²) in [6.07, 6.45) is 3.29. The first kappa shape index (κ1) is 8.24. The summed E-state index contributed by atoms with van der Waals surface area (Å²) in [5.41, 5.74) is 2.44. The fourth-order valence-electron chi connectivity index (χ4n) is 1.78. The molecule has 1 fully saturated rings. The number of benzene rings is 1. The molecule has 1 nitrogen and oxygen atoms in total. The van der Waals surface area contributed by atoms with Crippen LogP contribution >= 0.6 is 0 Å². The Labute approximate surface area is 78.1 Å². The maximum atomic E-state index is 10.9. The van der Waals surface area contributed by atoms with Crippen LogP contribution in [0.25, 0.3) is 6.08 Å². The van der Waals surface area contributed by atoms with Gasteiger partial charge < -0.3 is 0 Å². The highest BCUT2D eigenvalue weighted by atomic mass is 16.1. The van der Waals surface area contributed by atoms with E-state index in [1.165, 1.54) is 11.1 Å². The van der Waals surface area contributed by atoms with Crippen molar-refractivity contribution in [2.24, 2.45) is 0 Å². The van der Waals surface area contributed by atoms with E-state index in [0.29, 0.717) is 24.5 Å². The van der Waals surface area contributed by atoms with Gasteiger partial charge in [-0.2, -0.15) is 0 Å². The molecule has 1 aliphatic rings. The van der Waals surface area contributed by atoms with Crippen molar-refractivity contribution in [2.45, 2.75) is 18.8 Å². The van der Waals surface area contributed by atoms with E-state index >= 15 is 0 Å². The molecule has 66 valence electrons. The van der Waals surface area contributed by atoms with Crippen molar-refractivity contribution in [2.75, 3.05) is 0 Å². The van der Waals surface area contributed by atoms with E-state index < -0.39 is 0 Å². The molecule has 0 bridgehead atoms. The first-order valence-corrected chi connectivity index (χ1v) is 4.54. The Morgan fingerprint density at radius 3 is 2.62 bits per heavy atom. The van der Waals surface area contributed by atoms with Crippen molar-refractivity contribution in [1.29, 1.82) is 0 Å². The fourth-order valence-corrected chi connectivity index (χ4v) is 1.78. The van der Waals surface area contributed by atoms with Crippen LogP contribution in [0, 0.1) is 0 Å². The smallest absolute Gasteiger partial charge is 0.134 e.